The molecule has 3 atom stereocenters. The van der Waals surface area contributed by atoms with Crippen LogP contribution in [0.1, 0.15) is 32.6 Å². The first kappa shape index (κ1) is 17.1. The molecule has 0 aromatic carbocycles. The molecule has 6 nitrogen and oxygen atoms in total. The lowest BCUT2D eigenvalue weighted by Crippen LogP contribution is -2.44. The van der Waals surface area contributed by atoms with Crippen LogP contribution < -0.4 is 10.6 Å². The van der Waals surface area contributed by atoms with Gasteiger partial charge in [-0.05, 0) is 38.1 Å². The Labute approximate surface area is 134 Å². The summed E-state index contributed by atoms with van der Waals surface area (Å²) in [4.78, 5) is 20.4. The zero-order valence-corrected chi connectivity index (χ0v) is 14.4. The summed E-state index contributed by atoms with van der Waals surface area (Å²) >= 11 is 0. The first-order chi connectivity index (χ1) is 10.5. The average molecular weight is 309 g/mol. The lowest BCUT2D eigenvalue weighted by atomic mass is 10.2. The van der Waals surface area contributed by atoms with Crippen LogP contribution in [-0.4, -0.2) is 74.5 Å². The van der Waals surface area contributed by atoms with Gasteiger partial charge in [-0.1, -0.05) is 6.92 Å². The van der Waals surface area contributed by atoms with Gasteiger partial charge in [-0.25, -0.2) is 0 Å². The van der Waals surface area contributed by atoms with E-state index in [0.717, 1.165) is 50.8 Å². The molecule has 1 aliphatic heterocycles. The zero-order valence-electron chi connectivity index (χ0n) is 14.4. The number of nitrogens with zero attached hydrogens (tertiary/aromatic N) is 3. The van der Waals surface area contributed by atoms with Crippen molar-refractivity contribution < 1.29 is 4.79 Å². The quantitative estimate of drug-likeness (QED) is 0.426. The van der Waals surface area contributed by atoms with Crippen LogP contribution in [0.4, 0.5) is 0 Å². The normalized spacial score (nSPS) is 28.5. The lowest BCUT2D eigenvalue weighted by Gasteiger charge is -2.26. The molecule has 22 heavy (non-hydrogen) atoms. The SMILES string of the molecule is CN=C(NCCCN1CCCC1C(=O)N(C)C)NC1CC1C. The Morgan fingerprint density at radius 2 is 2.14 bits per heavy atom. The molecule has 2 aliphatic rings. The Balaban J connectivity index is 1.66. The van der Waals surface area contributed by atoms with Crippen LogP contribution >= 0.6 is 0 Å². The number of likely N-dealkylation sites (tertiary alicyclic amines) is 1. The number of likely N-dealkylation sites (N-methyl/N-ethyl adjacent to an activating group) is 1. The highest BCUT2D eigenvalue weighted by Crippen LogP contribution is 2.28. The molecule has 2 N–H and O–H groups in total. The van der Waals surface area contributed by atoms with Gasteiger partial charge < -0.3 is 15.5 Å². The highest BCUT2D eigenvalue weighted by molar-refractivity contribution is 5.81. The summed E-state index contributed by atoms with van der Waals surface area (Å²) in [6.45, 7) is 5.14. The van der Waals surface area contributed by atoms with E-state index in [9.17, 15) is 4.79 Å². The van der Waals surface area contributed by atoms with E-state index < -0.39 is 0 Å². The molecule has 1 heterocycles. The van der Waals surface area contributed by atoms with Crippen molar-refractivity contribution in [2.45, 2.75) is 44.7 Å². The molecular formula is C16H31N5O. The second-order valence-corrected chi connectivity index (χ2v) is 6.74. The number of carbonyl (C=O) groups is 1. The van der Waals surface area contributed by atoms with E-state index in [0.29, 0.717) is 6.04 Å². The predicted molar refractivity (Wildman–Crippen MR) is 90.0 cm³/mol. The first-order valence-electron chi connectivity index (χ1n) is 8.45. The molecule has 0 radical (unpaired) electrons. The van der Waals surface area contributed by atoms with Gasteiger partial charge in [0.25, 0.3) is 0 Å². The van der Waals surface area contributed by atoms with Gasteiger partial charge in [-0.15, -0.1) is 0 Å². The van der Waals surface area contributed by atoms with Crippen molar-refractivity contribution in [1.29, 1.82) is 0 Å². The number of rotatable bonds is 6. The second kappa shape index (κ2) is 7.81. The molecule has 0 bridgehead atoms. The molecule has 0 spiro atoms. The monoisotopic (exact) mass is 309 g/mol. The maximum atomic E-state index is 12.1. The molecule has 1 saturated carbocycles. The number of amides is 1. The highest BCUT2D eigenvalue weighted by Gasteiger charge is 2.33. The molecule has 1 saturated heterocycles. The Hall–Kier alpha value is -1.30. The summed E-state index contributed by atoms with van der Waals surface area (Å²) in [6, 6.07) is 0.673. The fraction of sp³-hybridized carbons (Fsp3) is 0.875. The first-order valence-corrected chi connectivity index (χ1v) is 8.45. The number of hydrogen-bond donors (Lipinski definition) is 2. The van der Waals surface area contributed by atoms with Crippen LogP contribution in [0.2, 0.25) is 0 Å². The largest absolute Gasteiger partial charge is 0.356 e. The van der Waals surface area contributed by atoms with Gasteiger partial charge >= 0.3 is 0 Å². The van der Waals surface area contributed by atoms with Gasteiger partial charge in [0, 0.05) is 40.3 Å². The molecule has 2 rings (SSSR count). The number of carbonyl (C=O) groups excluding carboxylic acids is 1. The minimum Gasteiger partial charge on any atom is -0.356 e. The maximum Gasteiger partial charge on any atom is 0.239 e. The number of aliphatic imine (C=N–C) groups is 1. The van der Waals surface area contributed by atoms with Crippen molar-refractivity contribution in [2.24, 2.45) is 10.9 Å². The predicted octanol–water partition coefficient (Wildman–Crippen LogP) is 0.503. The smallest absolute Gasteiger partial charge is 0.239 e. The van der Waals surface area contributed by atoms with E-state index in [1.807, 2.05) is 21.1 Å². The van der Waals surface area contributed by atoms with Gasteiger partial charge in [-0.3, -0.25) is 14.7 Å². The molecule has 6 heteroatoms. The molecular weight excluding hydrogens is 278 g/mol. The third-order valence-corrected chi connectivity index (χ3v) is 4.66. The summed E-state index contributed by atoms with van der Waals surface area (Å²) in [7, 11) is 5.50. The Bertz CT molecular complexity index is 409. The lowest BCUT2D eigenvalue weighted by molar-refractivity contribution is -0.133. The molecule has 3 unspecified atom stereocenters. The van der Waals surface area contributed by atoms with Gasteiger partial charge in [0.2, 0.25) is 5.91 Å². The summed E-state index contributed by atoms with van der Waals surface area (Å²) < 4.78 is 0. The van der Waals surface area contributed by atoms with Gasteiger partial charge in [0.05, 0.1) is 6.04 Å². The molecule has 2 fully saturated rings. The highest BCUT2D eigenvalue weighted by atomic mass is 16.2. The standard InChI is InChI=1S/C16H31N5O/c1-12-11-13(12)19-16(17-2)18-8-6-10-21-9-5-7-14(21)15(22)20(3)4/h12-14H,5-11H2,1-4H3,(H2,17,18,19). The molecule has 0 aromatic rings. The van der Waals surface area contributed by atoms with Crippen LogP contribution in [0.5, 0.6) is 0 Å². The van der Waals surface area contributed by atoms with Crippen LogP contribution in [0.25, 0.3) is 0 Å². The Morgan fingerprint density at radius 1 is 1.41 bits per heavy atom. The van der Waals surface area contributed by atoms with E-state index in [1.54, 1.807) is 4.90 Å². The third-order valence-electron chi connectivity index (χ3n) is 4.66. The van der Waals surface area contributed by atoms with E-state index in [1.165, 1.54) is 6.42 Å². The van der Waals surface area contributed by atoms with Crippen molar-refractivity contribution in [3.63, 3.8) is 0 Å². The molecule has 126 valence electrons. The van der Waals surface area contributed by atoms with Crippen molar-refractivity contribution in [2.75, 3.05) is 40.8 Å². The topological polar surface area (TPSA) is 60.0 Å². The van der Waals surface area contributed by atoms with E-state index in [4.69, 9.17) is 0 Å². The van der Waals surface area contributed by atoms with Crippen LogP contribution in [0.15, 0.2) is 4.99 Å². The Kier molecular flexibility index (Phi) is 6.06. The number of guanidine groups is 1. The summed E-state index contributed by atoms with van der Waals surface area (Å²) in [5, 5.41) is 6.79. The van der Waals surface area contributed by atoms with Gasteiger partial charge in [0.1, 0.15) is 0 Å². The fourth-order valence-electron chi connectivity index (χ4n) is 3.05. The number of nitrogens with one attached hydrogen (secondary N) is 2. The van der Waals surface area contributed by atoms with Crippen molar-refractivity contribution in [3.8, 4) is 0 Å². The fourth-order valence-corrected chi connectivity index (χ4v) is 3.05. The molecule has 0 aromatic heterocycles. The molecule has 1 amide bonds. The summed E-state index contributed by atoms with van der Waals surface area (Å²) in [5.74, 6) is 1.91. The third kappa shape index (κ3) is 4.60. The van der Waals surface area contributed by atoms with Gasteiger partial charge in [0.15, 0.2) is 5.96 Å². The minimum atomic E-state index is 0.0831. The van der Waals surface area contributed by atoms with Gasteiger partial charge in [-0.2, -0.15) is 0 Å². The molecule has 1 aliphatic carbocycles. The van der Waals surface area contributed by atoms with Crippen LogP contribution in [-0.2, 0) is 4.79 Å². The number of hydrogen-bond acceptors (Lipinski definition) is 3. The van der Waals surface area contributed by atoms with Crippen LogP contribution in [0, 0.1) is 5.92 Å². The Morgan fingerprint density at radius 3 is 2.73 bits per heavy atom. The van der Waals surface area contributed by atoms with E-state index in [-0.39, 0.29) is 11.9 Å². The maximum absolute atomic E-state index is 12.1. The average Bonchev–Trinajstić information content (AvgIpc) is 3.00. The second-order valence-electron chi connectivity index (χ2n) is 6.74. The minimum absolute atomic E-state index is 0.0831. The van der Waals surface area contributed by atoms with Crippen molar-refractivity contribution in [3.05, 3.63) is 0 Å². The van der Waals surface area contributed by atoms with Crippen molar-refractivity contribution >= 4 is 11.9 Å². The van der Waals surface area contributed by atoms with E-state index >= 15 is 0 Å². The van der Waals surface area contributed by atoms with E-state index in [2.05, 4.69) is 27.4 Å². The van der Waals surface area contributed by atoms with Crippen LogP contribution in [0.3, 0.4) is 0 Å². The summed E-state index contributed by atoms with van der Waals surface area (Å²) in [6.07, 6.45) is 4.38. The zero-order chi connectivity index (χ0) is 16.1. The summed E-state index contributed by atoms with van der Waals surface area (Å²) in [5.41, 5.74) is 0. The van der Waals surface area contributed by atoms with Crippen molar-refractivity contribution in [1.82, 2.24) is 20.4 Å².